The summed E-state index contributed by atoms with van der Waals surface area (Å²) >= 11 is 0. The van der Waals surface area contributed by atoms with E-state index in [1.165, 1.54) is 30.1 Å². The highest BCUT2D eigenvalue weighted by Gasteiger charge is 2.11. The summed E-state index contributed by atoms with van der Waals surface area (Å²) in [5.74, 6) is -0.466. The van der Waals surface area contributed by atoms with Crippen LogP contribution < -0.4 is 10.6 Å². The monoisotopic (exact) mass is 336 g/mol. The SMILES string of the molecule is Cc1ccccc1CNc1cc(C(=O)Nc2ccccc2F)ncn1. The molecule has 2 N–H and O–H groups in total. The van der Waals surface area contributed by atoms with Crippen molar-refractivity contribution in [2.45, 2.75) is 13.5 Å². The summed E-state index contributed by atoms with van der Waals surface area (Å²) in [5, 5.41) is 5.67. The average molecular weight is 336 g/mol. The van der Waals surface area contributed by atoms with E-state index in [1.807, 2.05) is 31.2 Å². The first-order valence-corrected chi connectivity index (χ1v) is 7.80. The van der Waals surface area contributed by atoms with Crippen molar-refractivity contribution in [3.05, 3.63) is 83.6 Å². The zero-order valence-corrected chi connectivity index (χ0v) is 13.7. The number of hydrogen-bond donors (Lipinski definition) is 2. The fourth-order valence-electron chi connectivity index (χ4n) is 2.32. The molecule has 0 fully saturated rings. The fourth-order valence-corrected chi connectivity index (χ4v) is 2.32. The summed E-state index contributed by atoms with van der Waals surface area (Å²) in [7, 11) is 0. The van der Waals surface area contributed by atoms with E-state index in [2.05, 4.69) is 20.6 Å². The number of aryl methyl sites for hydroxylation is 1. The van der Waals surface area contributed by atoms with Crippen LogP contribution in [0.15, 0.2) is 60.9 Å². The van der Waals surface area contributed by atoms with Crippen molar-refractivity contribution in [2.24, 2.45) is 0 Å². The summed E-state index contributed by atoms with van der Waals surface area (Å²) in [4.78, 5) is 20.3. The molecule has 3 aromatic rings. The van der Waals surface area contributed by atoms with E-state index in [9.17, 15) is 9.18 Å². The van der Waals surface area contributed by atoms with Crippen LogP contribution in [0.3, 0.4) is 0 Å². The lowest BCUT2D eigenvalue weighted by atomic mass is 10.1. The highest BCUT2D eigenvalue weighted by Crippen LogP contribution is 2.15. The Morgan fingerprint density at radius 2 is 1.84 bits per heavy atom. The number of benzene rings is 2. The molecule has 1 heterocycles. The van der Waals surface area contributed by atoms with E-state index in [-0.39, 0.29) is 11.4 Å². The highest BCUT2D eigenvalue weighted by molar-refractivity contribution is 6.03. The van der Waals surface area contributed by atoms with Gasteiger partial charge in [0.15, 0.2) is 0 Å². The van der Waals surface area contributed by atoms with Crippen molar-refractivity contribution in [1.82, 2.24) is 9.97 Å². The Morgan fingerprint density at radius 3 is 2.64 bits per heavy atom. The number of nitrogens with one attached hydrogen (secondary N) is 2. The van der Waals surface area contributed by atoms with Gasteiger partial charge in [0.2, 0.25) is 0 Å². The molecule has 0 spiro atoms. The molecule has 0 bridgehead atoms. The molecular weight excluding hydrogens is 319 g/mol. The maximum Gasteiger partial charge on any atom is 0.274 e. The van der Waals surface area contributed by atoms with Crippen LogP contribution in [0.5, 0.6) is 0 Å². The van der Waals surface area contributed by atoms with Gasteiger partial charge in [-0.25, -0.2) is 14.4 Å². The fraction of sp³-hybridized carbons (Fsp3) is 0.105. The Balaban J connectivity index is 1.70. The maximum absolute atomic E-state index is 13.6. The number of carbonyl (C=O) groups excluding carboxylic acids is 1. The van der Waals surface area contributed by atoms with Gasteiger partial charge in [-0.1, -0.05) is 36.4 Å². The molecule has 126 valence electrons. The number of carbonyl (C=O) groups is 1. The number of amides is 1. The molecule has 0 atom stereocenters. The molecule has 6 heteroatoms. The minimum absolute atomic E-state index is 0.112. The molecule has 2 aromatic carbocycles. The smallest absolute Gasteiger partial charge is 0.274 e. The zero-order chi connectivity index (χ0) is 17.6. The van der Waals surface area contributed by atoms with Crippen molar-refractivity contribution in [3.8, 4) is 0 Å². The normalized spacial score (nSPS) is 10.3. The van der Waals surface area contributed by atoms with Crippen molar-refractivity contribution in [2.75, 3.05) is 10.6 Å². The van der Waals surface area contributed by atoms with Crippen LogP contribution in [0.25, 0.3) is 0 Å². The van der Waals surface area contributed by atoms with Gasteiger partial charge < -0.3 is 10.6 Å². The van der Waals surface area contributed by atoms with Gasteiger partial charge in [0.05, 0.1) is 5.69 Å². The second kappa shape index (κ2) is 7.53. The number of para-hydroxylation sites is 1. The average Bonchev–Trinajstić information content (AvgIpc) is 2.63. The Labute approximate surface area is 145 Å². The number of hydrogen-bond acceptors (Lipinski definition) is 4. The van der Waals surface area contributed by atoms with Crippen LogP contribution in [0.4, 0.5) is 15.9 Å². The summed E-state index contributed by atoms with van der Waals surface area (Å²) in [6.07, 6.45) is 1.30. The van der Waals surface area contributed by atoms with Crippen LogP contribution in [0, 0.1) is 12.7 Å². The largest absolute Gasteiger partial charge is 0.366 e. The van der Waals surface area contributed by atoms with E-state index in [0.717, 1.165) is 5.56 Å². The Bertz CT molecular complexity index is 898. The second-order valence-electron chi connectivity index (χ2n) is 5.50. The number of halogens is 1. The topological polar surface area (TPSA) is 66.9 Å². The Kier molecular flexibility index (Phi) is 4.99. The van der Waals surface area contributed by atoms with Gasteiger partial charge in [-0.3, -0.25) is 4.79 Å². The Morgan fingerprint density at radius 1 is 1.08 bits per heavy atom. The van der Waals surface area contributed by atoms with E-state index >= 15 is 0 Å². The van der Waals surface area contributed by atoms with Gasteiger partial charge in [-0.15, -0.1) is 0 Å². The first-order chi connectivity index (χ1) is 12.1. The molecule has 0 radical (unpaired) electrons. The van der Waals surface area contributed by atoms with Gasteiger partial charge in [0.25, 0.3) is 5.91 Å². The first kappa shape index (κ1) is 16.6. The molecular formula is C19H17FN4O. The maximum atomic E-state index is 13.6. The molecule has 3 rings (SSSR count). The predicted octanol–water partition coefficient (Wildman–Crippen LogP) is 3.79. The van der Waals surface area contributed by atoms with Crippen molar-refractivity contribution in [3.63, 3.8) is 0 Å². The van der Waals surface area contributed by atoms with Gasteiger partial charge in [0, 0.05) is 12.6 Å². The van der Waals surface area contributed by atoms with Crippen LogP contribution >= 0.6 is 0 Å². The van der Waals surface area contributed by atoms with E-state index < -0.39 is 11.7 Å². The third-order valence-electron chi connectivity index (χ3n) is 3.74. The molecule has 1 aromatic heterocycles. The summed E-state index contributed by atoms with van der Waals surface area (Å²) in [6, 6.07) is 15.5. The molecule has 1 amide bonds. The van der Waals surface area contributed by atoms with Gasteiger partial charge in [-0.05, 0) is 30.2 Å². The minimum atomic E-state index is -0.497. The molecule has 0 aliphatic rings. The molecule has 0 aliphatic carbocycles. The predicted molar refractivity (Wildman–Crippen MR) is 94.9 cm³/mol. The standard InChI is InChI=1S/C19H17FN4O/c1-13-6-2-3-7-14(13)11-21-18-10-17(22-12-23-18)19(25)24-16-9-5-4-8-15(16)20/h2-10,12H,11H2,1H3,(H,24,25)(H,21,22,23). The van der Waals surface area contributed by atoms with Crippen molar-refractivity contribution in [1.29, 1.82) is 0 Å². The molecule has 25 heavy (non-hydrogen) atoms. The lowest BCUT2D eigenvalue weighted by Crippen LogP contribution is -2.15. The number of aromatic nitrogens is 2. The molecule has 0 saturated carbocycles. The third-order valence-corrected chi connectivity index (χ3v) is 3.74. The van der Waals surface area contributed by atoms with Crippen molar-refractivity contribution >= 4 is 17.4 Å². The van der Waals surface area contributed by atoms with Gasteiger partial charge in [0.1, 0.15) is 23.7 Å². The van der Waals surface area contributed by atoms with Crippen LogP contribution in [-0.4, -0.2) is 15.9 Å². The lowest BCUT2D eigenvalue weighted by molar-refractivity contribution is 0.102. The number of nitrogens with zero attached hydrogens (tertiary/aromatic N) is 2. The quantitative estimate of drug-likeness (QED) is 0.744. The minimum Gasteiger partial charge on any atom is -0.366 e. The number of rotatable bonds is 5. The second-order valence-corrected chi connectivity index (χ2v) is 5.50. The molecule has 0 aliphatic heterocycles. The number of anilines is 2. The van der Waals surface area contributed by atoms with E-state index in [1.54, 1.807) is 12.1 Å². The Hall–Kier alpha value is -3.28. The van der Waals surface area contributed by atoms with Crippen LogP contribution in [0.2, 0.25) is 0 Å². The van der Waals surface area contributed by atoms with Crippen LogP contribution in [0.1, 0.15) is 21.6 Å². The summed E-state index contributed by atoms with van der Waals surface area (Å²) in [6.45, 7) is 2.61. The van der Waals surface area contributed by atoms with Gasteiger partial charge in [-0.2, -0.15) is 0 Å². The first-order valence-electron chi connectivity index (χ1n) is 7.80. The van der Waals surface area contributed by atoms with Crippen molar-refractivity contribution < 1.29 is 9.18 Å². The third kappa shape index (κ3) is 4.17. The molecule has 0 unspecified atom stereocenters. The highest BCUT2D eigenvalue weighted by atomic mass is 19.1. The summed E-state index contributed by atoms with van der Waals surface area (Å²) in [5.41, 5.74) is 2.58. The van der Waals surface area contributed by atoms with E-state index in [4.69, 9.17) is 0 Å². The van der Waals surface area contributed by atoms with Crippen LogP contribution in [-0.2, 0) is 6.54 Å². The lowest BCUT2D eigenvalue weighted by Gasteiger charge is -2.09. The zero-order valence-electron chi connectivity index (χ0n) is 13.7. The summed E-state index contributed by atoms with van der Waals surface area (Å²) < 4.78 is 13.6. The van der Waals surface area contributed by atoms with Gasteiger partial charge >= 0.3 is 0 Å². The van der Waals surface area contributed by atoms with E-state index in [0.29, 0.717) is 12.4 Å². The molecule has 5 nitrogen and oxygen atoms in total. The molecule has 0 saturated heterocycles.